The van der Waals surface area contributed by atoms with Crippen LogP contribution in [0, 0.1) is 10.1 Å². The van der Waals surface area contributed by atoms with Crippen LogP contribution >= 0.6 is 0 Å². The highest BCUT2D eigenvalue weighted by molar-refractivity contribution is 5.93. The van der Waals surface area contributed by atoms with Crippen molar-refractivity contribution in [2.75, 3.05) is 0 Å². The monoisotopic (exact) mass is 255 g/mol. The largest absolute Gasteiger partial charge is 0.323 e. The molecule has 0 atom stereocenters. The Bertz CT molecular complexity index is 818. The van der Waals surface area contributed by atoms with Gasteiger partial charge in [0.2, 0.25) is 0 Å². The summed E-state index contributed by atoms with van der Waals surface area (Å²) >= 11 is 0. The van der Waals surface area contributed by atoms with Crippen LogP contribution in [0.25, 0.3) is 22.2 Å². The molecule has 0 unspecified atom stereocenters. The lowest BCUT2D eigenvalue weighted by molar-refractivity contribution is -0.384. The fourth-order valence-corrected chi connectivity index (χ4v) is 2.08. The van der Waals surface area contributed by atoms with Gasteiger partial charge in [-0.15, -0.1) is 0 Å². The average molecular weight is 255 g/mol. The van der Waals surface area contributed by atoms with E-state index < -0.39 is 4.92 Å². The second-order valence-electron chi connectivity index (χ2n) is 4.12. The van der Waals surface area contributed by atoms with Gasteiger partial charge in [-0.25, -0.2) is 4.79 Å². The Labute approximate surface area is 106 Å². The summed E-state index contributed by atoms with van der Waals surface area (Å²) in [6.45, 7) is 0. The number of fused-ring (bicyclic) bond motifs is 1. The Morgan fingerprint density at radius 1 is 1.05 bits per heavy atom. The Kier molecular flexibility index (Phi) is 2.42. The van der Waals surface area contributed by atoms with Gasteiger partial charge in [-0.3, -0.25) is 10.1 Å². The van der Waals surface area contributed by atoms with Crippen LogP contribution in [0.1, 0.15) is 0 Å². The van der Waals surface area contributed by atoms with Crippen LogP contribution in [-0.4, -0.2) is 14.9 Å². The summed E-state index contributed by atoms with van der Waals surface area (Å²) in [5, 5.41) is 10.9. The van der Waals surface area contributed by atoms with Crippen LogP contribution in [0.4, 0.5) is 5.69 Å². The molecule has 0 fully saturated rings. The minimum absolute atomic E-state index is 0.0541. The van der Waals surface area contributed by atoms with E-state index in [2.05, 4.69) is 9.97 Å². The fraction of sp³-hybridized carbons (Fsp3) is 0. The molecular formula is C13H9N3O3. The van der Waals surface area contributed by atoms with Crippen molar-refractivity contribution in [3.63, 3.8) is 0 Å². The van der Waals surface area contributed by atoms with Gasteiger partial charge in [-0.2, -0.15) is 0 Å². The first-order chi connectivity index (χ1) is 9.15. The van der Waals surface area contributed by atoms with Crippen LogP contribution in [0.15, 0.2) is 47.3 Å². The van der Waals surface area contributed by atoms with Crippen molar-refractivity contribution in [2.24, 2.45) is 0 Å². The van der Waals surface area contributed by atoms with E-state index in [4.69, 9.17) is 0 Å². The Morgan fingerprint density at radius 2 is 1.79 bits per heavy atom. The molecule has 2 aromatic carbocycles. The molecule has 6 heteroatoms. The molecule has 0 aliphatic heterocycles. The molecule has 0 aliphatic rings. The molecule has 1 heterocycles. The molecule has 0 amide bonds. The van der Waals surface area contributed by atoms with Gasteiger partial charge >= 0.3 is 5.69 Å². The van der Waals surface area contributed by atoms with E-state index in [-0.39, 0.29) is 11.4 Å². The number of nitrogens with zero attached hydrogens (tertiary/aromatic N) is 1. The Balaban J connectivity index is 2.38. The molecule has 19 heavy (non-hydrogen) atoms. The molecule has 0 spiro atoms. The zero-order valence-corrected chi connectivity index (χ0v) is 9.71. The number of hydrogen-bond donors (Lipinski definition) is 2. The van der Waals surface area contributed by atoms with Gasteiger partial charge < -0.3 is 9.97 Å². The molecular weight excluding hydrogens is 246 g/mol. The molecule has 0 aliphatic carbocycles. The molecule has 1 aromatic heterocycles. The second-order valence-corrected chi connectivity index (χ2v) is 4.12. The van der Waals surface area contributed by atoms with Gasteiger partial charge in [0.15, 0.2) is 0 Å². The van der Waals surface area contributed by atoms with Gasteiger partial charge in [0.05, 0.1) is 16.0 Å². The lowest BCUT2D eigenvalue weighted by Crippen LogP contribution is -1.99. The highest BCUT2D eigenvalue weighted by Gasteiger charge is 2.14. The maximum Gasteiger partial charge on any atom is 0.323 e. The van der Waals surface area contributed by atoms with E-state index >= 15 is 0 Å². The van der Waals surface area contributed by atoms with Gasteiger partial charge in [0.25, 0.3) is 5.69 Å². The van der Waals surface area contributed by atoms with E-state index in [1.807, 2.05) is 30.3 Å². The van der Waals surface area contributed by atoms with Crippen molar-refractivity contribution in [3.8, 4) is 11.1 Å². The van der Waals surface area contributed by atoms with Crippen molar-refractivity contribution in [1.82, 2.24) is 9.97 Å². The predicted molar refractivity (Wildman–Crippen MR) is 71.0 cm³/mol. The summed E-state index contributed by atoms with van der Waals surface area (Å²) in [4.78, 5) is 27.0. The highest BCUT2D eigenvalue weighted by atomic mass is 16.6. The quantitative estimate of drug-likeness (QED) is 0.544. The molecule has 6 nitrogen and oxygen atoms in total. The lowest BCUT2D eigenvalue weighted by atomic mass is 10.0. The first-order valence-corrected chi connectivity index (χ1v) is 5.61. The number of benzene rings is 2. The molecule has 0 bridgehead atoms. The van der Waals surface area contributed by atoms with E-state index in [9.17, 15) is 14.9 Å². The van der Waals surface area contributed by atoms with Gasteiger partial charge in [-0.1, -0.05) is 30.3 Å². The van der Waals surface area contributed by atoms with Crippen LogP contribution in [-0.2, 0) is 0 Å². The van der Waals surface area contributed by atoms with Crippen LogP contribution in [0.2, 0.25) is 0 Å². The minimum atomic E-state index is -0.475. The number of aromatic amines is 2. The predicted octanol–water partition coefficient (Wildman–Crippen LogP) is 2.43. The summed E-state index contributed by atoms with van der Waals surface area (Å²) < 4.78 is 0. The Hall–Kier alpha value is -2.89. The number of hydrogen-bond acceptors (Lipinski definition) is 3. The van der Waals surface area contributed by atoms with Crippen LogP contribution < -0.4 is 5.69 Å². The maximum atomic E-state index is 11.4. The van der Waals surface area contributed by atoms with Crippen molar-refractivity contribution >= 4 is 16.7 Å². The molecule has 0 saturated carbocycles. The van der Waals surface area contributed by atoms with E-state index in [0.29, 0.717) is 16.6 Å². The second kappa shape index (κ2) is 4.09. The number of H-pyrrole nitrogens is 2. The molecule has 3 rings (SSSR count). The number of rotatable bonds is 2. The third-order valence-electron chi connectivity index (χ3n) is 2.91. The minimum Gasteiger partial charge on any atom is -0.305 e. The van der Waals surface area contributed by atoms with Crippen LogP contribution in [0.3, 0.4) is 0 Å². The molecule has 2 N–H and O–H groups in total. The molecule has 3 aromatic rings. The molecule has 0 radical (unpaired) electrons. The summed E-state index contributed by atoms with van der Waals surface area (Å²) in [5.74, 6) is 0. The lowest BCUT2D eigenvalue weighted by Gasteiger charge is -2.03. The zero-order valence-electron chi connectivity index (χ0n) is 9.71. The number of non-ortho nitro benzene ring substituents is 1. The maximum absolute atomic E-state index is 11.4. The van der Waals surface area contributed by atoms with Gasteiger partial charge in [0.1, 0.15) is 0 Å². The Morgan fingerprint density at radius 3 is 2.47 bits per heavy atom. The van der Waals surface area contributed by atoms with Crippen molar-refractivity contribution in [3.05, 3.63) is 63.1 Å². The summed E-state index contributed by atoms with van der Waals surface area (Å²) in [6.07, 6.45) is 0. The summed E-state index contributed by atoms with van der Waals surface area (Å²) in [6, 6.07) is 12.0. The van der Waals surface area contributed by atoms with Crippen molar-refractivity contribution in [1.29, 1.82) is 0 Å². The van der Waals surface area contributed by atoms with Crippen LogP contribution in [0.5, 0.6) is 0 Å². The highest BCUT2D eigenvalue weighted by Crippen LogP contribution is 2.30. The van der Waals surface area contributed by atoms with E-state index in [1.54, 1.807) is 0 Å². The summed E-state index contributed by atoms with van der Waals surface area (Å²) in [5.41, 5.74) is 2.00. The smallest absolute Gasteiger partial charge is 0.305 e. The van der Waals surface area contributed by atoms with Gasteiger partial charge in [0, 0.05) is 17.7 Å². The standard InChI is InChI=1S/C13H9N3O3/c17-13-14-11-7-9(16(18)19)6-10(12(11)15-13)8-4-2-1-3-5-8/h1-7H,(H2,14,15,17). The van der Waals surface area contributed by atoms with Crippen molar-refractivity contribution in [2.45, 2.75) is 0 Å². The van der Waals surface area contributed by atoms with E-state index in [0.717, 1.165) is 5.56 Å². The average Bonchev–Trinajstić information content (AvgIpc) is 2.78. The number of nitrogens with one attached hydrogen (secondary N) is 2. The number of nitro benzene ring substituents is 1. The third kappa shape index (κ3) is 1.89. The van der Waals surface area contributed by atoms with E-state index in [1.165, 1.54) is 12.1 Å². The normalized spacial score (nSPS) is 10.7. The SMILES string of the molecule is O=c1[nH]c2cc([N+](=O)[O-])cc(-c3ccccc3)c2[nH]1. The zero-order chi connectivity index (χ0) is 13.4. The first-order valence-electron chi connectivity index (χ1n) is 5.61. The number of aromatic nitrogens is 2. The van der Waals surface area contributed by atoms with Gasteiger partial charge in [-0.05, 0) is 5.56 Å². The third-order valence-corrected chi connectivity index (χ3v) is 2.91. The number of imidazole rings is 1. The topological polar surface area (TPSA) is 91.8 Å². The first kappa shape index (κ1) is 11.2. The van der Waals surface area contributed by atoms with Crippen molar-refractivity contribution < 1.29 is 4.92 Å². The summed E-state index contributed by atoms with van der Waals surface area (Å²) in [7, 11) is 0. The number of nitro groups is 1. The molecule has 94 valence electrons. The fourth-order valence-electron chi connectivity index (χ4n) is 2.08. The molecule has 0 saturated heterocycles.